The minimum absolute atomic E-state index is 0.218. The first kappa shape index (κ1) is 12.5. The second-order valence-electron chi connectivity index (χ2n) is 5.30. The molecule has 102 valence electrons. The van der Waals surface area contributed by atoms with Crippen molar-refractivity contribution in [2.24, 2.45) is 0 Å². The zero-order valence-corrected chi connectivity index (χ0v) is 10.9. The van der Waals surface area contributed by atoms with Gasteiger partial charge in [-0.15, -0.1) is 0 Å². The van der Waals surface area contributed by atoms with Crippen LogP contribution in [0.1, 0.15) is 37.3 Å². The Kier molecular flexibility index (Phi) is 3.42. The van der Waals surface area contributed by atoms with Crippen LogP contribution in [0.3, 0.4) is 0 Å². The van der Waals surface area contributed by atoms with E-state index in [9.17, 15) is 4.79 Å². The fourth-order valence-corrected chi connectivity index (χ4v) is 2.89. The van der Waals surface area contributed by atoms with Crippen LogP contribution in [-0.2, 0) is 4.79 Å². The molecule has 4 heteroatoms. The third kappa shape index (κ3) is 2.73. The van der Waals surface area contributed by atoms with Crippen molar-refractivity contribution >= 4 is 5.97 Å². The quantitative estimate of drug-likeness (QED) is 0.884. The van der Waals surface area contributed by atoms with Gasteiger partial charge in [-0.3, -0.25) is 9.69 Å². The number of hydrogen-bond donors (Lipinski definition) is 1. The van der Waals surface area contributed by atoms with E-state index in [1.54, 1.807) is 0 Å². The van der Waals surface area contributed by atoms with Gasteiger partial charge in [0.1, 0.15) is 5.75 Å². The first-order valence-electron chi connectivity index (χ1n) is 6.95. The van der Waals surface area contributed by atoms with Crippen molar-refractivity contribution < 1.29 is 14.6 Å². The number of ether oxygens (including phenoxy) is 1. The molecule has 0 bridgehead atoms. The molecule has 1 saturated carbocycles. The van der Waals surface area contributed by atoms with E-state index in [-0.39, 0.29) is 6.42 Å². The maximum Gasteiger partial charge on any atom is 0.304 e. The highest BCUT2D eigenvalue weighted by Gasteiger charge is 2.36. The van der Waals surface area contributed by atoms with E-state index in [2.05, 4.69) is 11.0 Å². The van der Waals surface area contributed by atoms with Gasteiger partial charge >= 0.3 is 5.97 Å². The maximum absolute atomic E-state index is 10.8. The molecule has 1 atom stereocenters. The lowest BCUT2D eigenvalue weighted by molar-refractivity contribution is -0.137. The van der Waals surface area contributed by atoms with Crippen LogP contribution in [-0.4, -0.2) is 35.2 Å². The number of carboxylic acid groups (broad SMARTS) is 1. The molecule has 0 radical (unpaired) electrons. The first-order chi connectivity index (χ1) is 9.25. The highest BCUT2D eigenvalue weighted by molar-refractivity contribution is 5.66. The van der Waals surface area contributed by atoms with Gasteiger partial charge in [0.15, 0.2) is 0 Å². The average molecular weight is 261 g/mol. The Morgan fingerprint density at radius 2 is 2.11 bits per heavy atom. The lowest BCUT2D eigenvalue weighted by Gasteiger charge is -2.35. The number of benzene rings is 1. The number of aliphatic carboxylic acids is 1. The van der Waals surface area contributed by atoms with Gasteiger partial charge in [-0.1, -0.05) is 18.2 Å². The highest BCUT2D eigenvalue weighted by Crippen LogP contribution is 2.41. The fourth-order valence-electron chi connectivity index (χ4n) is 2.89. The summed E-state index contributed by atoms with van der Waals surface area (Å²) in [4.78, 5) is 13.2. The zero-order valence-electron chi connectivity index (χ0n) is 10.9. The van der Waals surface area contributed by atoms with Crippen molar-refractivity contribution in [3.05, 3.63) is 29.8 Å². The summed E-state index contributed by atoms with van der Waals surface area (Å²) in [5.41, 5.74) is 1.21. The Morgan fingerprint density at radius 1 is 1.32 bits per heavy atom. The van der Waals surface area contributed by atoms with Crippen LogP contribution in [0.15, 0.2) is 24.3 Å². The van der Waals surface area contributed by atoms with Gasteiger partial charge < -0.3 is 9.84 Å². The molecule has 1 unspecified atom stereocenters. The van der Waals surface area contributed by atoms with E-state index < -0.39 is 5.97 Å². The van der Waals surface area contributed by atoms with Gasteiger partial charge in [0.05, 0.1) is 13.0 Å². The molecule has 19 heavy (non-hydrogen) atoms. The van der Waals surface area contributed by atoms with Gasteiger partial charge in [-0.25, -0.2) is 0 Å². The summed E-state index contributed by atoms with van der Waals surface area (Å²) in [5, 5.41) is 8.91. The van der Waals surface area contributed by atoms with Crippen LogP contribution in [0.25, 0.3) is 0 Å². The Labute approximate surface area is 113 Å². The Bertz CT molecular complexity index is 470. The van der Waals surface area contributed by atoms with Crippen molar-refractivity contribution in [1.82, 2.24) is 4.90 Å². The number of carbonyl (C=O) groups is 1. The maximum atomic E-state index is 10.8. The molecule has 1 heterocycles. The van der Waals surface area contributed by atoms with Gasteiger partial charge in [0, 0.05) is 30.6 Å². The highest BCUT2D eigenvalue weighted by atomic mass is 16.5. The number of nitrogens with zero attached hydrogens (tertiary/aromatic N) is 1. The number of para-hydroxylation sites is 1. The van der Waals surface area contributed by atoms with Crippen molar-refractivity contribution in [2.75, 3.05) is 13.2 Å². The molecular formula is C15H19NO3. The molecular weight excluding hydrogens is 242 g/mol. The number of rotatable bonds is 5. The fraction of sp³-hybridized carbons (Fsp3) is 0.533. The number of carboxylic acids is 1. The predicted octanol–water partition coefficient (Wildman–Crippen LogP) is 2.45. The summed E-state index contributed by atoms with van der Waals surface area (Å²) in [7, 11) is 0. The van der Waals surface area contributed by atoms with Crippen molar-refractivity contribution in [3.8, 4) is 5.75 Å². The largest absolute Gasteiger partial charge is 0.493 e. The van der Waals surface area contributed by atoms with Gasteiger partial charge in [0.25, 0.3) is 0 Å². The molecule has 1 fully saturated rings. The summed E-state index contributed by atoms with van der Waals surface area (Å²) in [6.07, 6.45) is 3.56. The Morgan fingerprint density at radius 3 is 2.84 bits per heavy atom. The molecule has 1 aliphatic heterocycles. The molecule has 0 saturated heterocycles. The van der Waals surface area contributed by atoms with Crippen LogP contribution < -0.4 is 4.74 Å². The van der Waals surface area contributed by atoms with E-state index in [0.717, 1.165) is 18.8 Å². The van der Waals surface area contributed by atoms with Crippen LogP contribution in [0, 0.1) is 0 Å². The van der Waals surface area contributed by atoms with E-state index >= 15 is 0 Å². The zero-order chi connectivity index (χ0) is 13.2. The lowest BCUT2D eigenvalue weighted by atomic mass is 9.98. The third-order valence-corrected chi connectivity index (χ3v) is 3.93. The minimum Gasteiger partial charge on any atom is -0.493 e. The summed E-state index contributed by atoms with van der Waals surface area (Å²) in [5.74, 6) is 0.241. The summed E-state index contributed by atoms with van der Waals surface area (Å²) in [6.45, 7) is 1.36. The number of fused-ring (bicyclic) bond motifs is 1. The van der Waals surface area contributed by atoms with E-state index in [0.29, 0.717) is 18.6 Å². The molecule has 0 amide bonds. The SMILES string of the molecule is O=C(O)CCN(C1CC1)C1CCOc2ccccc21. The predicted molar refractivity (Wildman–Crippen MR) is 71.3 cm³/mol. The molecule has 4 nitrogen and oxygen atoms in total. The smallest absolute Gasteiger partial charge is 0.304 e. The summed E-state index contributed by atoms with van der Waals surface area (Å²) < 4.78 is 5.69. The number of hydrogen-bond acceptors (Lipinski definition) is 3. The van der Waals surface area contributed by atoms with Crippen molar-refractivity contribution in [2.45, 2.75) is 37.8 Å². The van der Waals surface area contributed by atoms with Gasteiger partial charge in [-0.2, -0.15) is 0 Å². The lowest BCUT2D eigenvalue weighted by Crippen LogP contribution is -2.35. The van der Waals surface area contributed by atoms with Gasteiger partial charge in [-0.05, 0) is 18.9 Å². The normalized spacial score (nSPS) is 21.8. The Balaban J connectivity index is 1.81. The van der Waals surface area contributed by atoms with E-state index in [1.807, 2.05) is 18.2 Å². The van der Waals surface area contributed by atoms with Crippen molar-refractivity contribution in [1.29, 1.82) is 0 Å². The minimum atomic E-state index is -0.717. The molecule has 2 aliphatic rings. The second-order valence-corrected chi connectivity index (χ2v) is 5.30. The standard InChI is InChI=1S/C15H19NO3/c17-15(18)7-9-16(11-5-6-11)13-8-10-19-14-4-2-1-3-12(13)14/h1-4,11,13H,5-10H2,(H,17,18). The molecule has 3 rings (SSSR count). The average Bonchev–Trinajstić information content (AvgIpc) is 3.23. The van der Waals surface area contributed by atoms with Crippen LogP contribution in [0.5, 0.6) is 5.75 Å². The molecule has 1 N–H and O–H groups in total. The molecule has 1 aromatic rings. The molecule has 1 aliphatic carbocycles. The van der Waals surface area contributed by atoms with Gasteiger partial charge in [0.2, 0.25) is 0 Å². The van der Waals surface area contributed by atoms with Crippen LogP contribution in [0.4, 0.5) is 0 Å². The monoisotopic (exact) mass is 261 g/mol. The third-order valence-electron chi connectivity index (χ3n) is 3.93. The van der Waals surface area contributed by atoms with E-state index in [4.69, 9.17) is 9.84 Å². The first-order valence-corrected chi connectivity index (χ1v) is 6.95. The van der Waals surface area contributed by atoms with E-state index in [1.165, 1.54) is 18.4 Å². The topological polar surface area (TPSA) is 49.8 Å². The summed E-state index contributed by atoms with van der Waals surface area (Å²) in [6, 6.07) is 9.01. The molecule has 1 aromatic carbocycles. The van der Waals surface area contributed by atoms with Crippen LogP contribution >= 0.6 is 0 Å². The Hall–Kier alpha value is -1.55. The second kappa shape index (κ2) is 5.21. The van der Waals surface area contributed by atoms with Crippen molar-refractivity contribution in [3.63, 3.8) is 0 Å². The molecule has 0 spiro atoms. The summed E-state index contributed by atoms with van der Waals surface area (Å²) >= 11 is 0. The molecule has 0 aromatic heterocycles. The van der Waals surface area contributed by atoms with Crippen LogP contribution in [0.2, 0.25) is 0 Å².